The minimum absolute atomic E-state index is 0.733. The monoisotopic (exact) mass is 237 g/mol. The molecule has 1 heteroatoms. The van der Waals surface area contributed by atoms with E-state index >= 15 is 0 Å². The van der Waals surface area contributed by atoms with Crippen LogP contribution in [0.2, 0.25) is 0 Å². The first-order valence-corrected chi connectivity index (χ1v) is 7.25. The first-order chi connectivity index (χ1) is 8.17. The van der Waals surface area contributed by atoms with E-state index < -0.39 is 0 Å². The number of hydrogen-bond donors (Lipinski definition) is 0. The van der Waals surface area contributed by atoms with Crippen molar-refractivity contribution in [2.75, 3.05) is 13.1 Å². The third-order valence-corrected chi connectivity index (χ3v) is 3.49. The van der Waals surface area contributed by atoms with Gasteiger partial charge in [-0.15, -0.1) is 0 Å². The molecule has 0 rings (SSSR count). The predicted octanol–water partition coefficient (Wildman–Crippen LogP) is 5.00. The lowest BCUT2D eigenvalue weighted by Gasteiger charge is -2.17. The smallest absolute Gasteiger partial charge is 0.0143 e. The van der Waals surface area contributed by atoms with Crippen molar-refractivity contribution in [2.24, 2.45) is 5.92 Å². The van der Waals surface area contributed by atoms with E-state index in [1.54, 1.807) is 0 Å². The Morgan fingerprint density at radius 3 is 2.24 bits per heavy atom. The van der Waals surface area contributed by atoms with E-state index in [0.717, 1.165) is 19.0 Å². The normalized spacial score (nSPS) is 14.3. The van der Waals surface area contributed by atoms with E-state index in [1.165, 1.54) is 31.3 Å². The molecule has 0 aliphatic heterocycles. The summed E-state index contributed by atoms with van der Waals surface area (Å²) < 4.78 is 0. The van der Waals surface area contributed by atoms with Crippen LogP contribution in [0.4, 0.5) is 0 Å². The molecule has 0 fully saturated rings. The molecule has 0 unspecified atom stereocenters. The van der Waals surface area contributed by atoms with Crippen LogP contribution >= 0.6 is 0 Å². The second-order valence-corrected chi connectivity index (χ2v) is 4.71. The van der Waals surface area contributed by atoms with Crippen molar-refractivity contribution in [1.82, 2.24) is 4.90 Å². The maximum Gasteiger partial charge on any atom is 0.0143 e. The summed E-state index contributed by atoms with van der Waals surface area (Å²) in [6, 6.07) is 0. The Hall–Kier alpha value is -0.720. The van der Waals surface area contributed by atoms with Gasteiger partial charge in [0.05, 0.1) is 0 Å². The summed E-state index contributed by atoms with van der Waals surface area (Å²) in [5.74, 6) is 0.733. The summed E-state index contributed by atoms with van der Waals surface area (Å²) in [5, 5.41) is 0. The first kappa shape index (κ1) is 16.3. The van der Waals surface area contributed by atoms with Crippen molar-refractivity contribution >= 4 is 0 Å². The van der Waals surface area contributed by atoms with E-state index in [4.69, 9.17) is 0 Å². The van der Waals surface area contributed by atoms with Gasteiger partial charge in [-0.1, -0.05) is 31.6 Å². The highest BCUT2D eigenvalue weighted by Gasteiger charge is 2.01. The Morgan fingerprint density at radius 2 is 1.76 bits per heavy atom. The molecule has 0 bridgehead atoms. The van der Waals surface area contributed by atoms with Gasteiger partial charge in [-0.25, -0.2) is 0 Å². The lowest BCUT2D eigenvalue weighted by atomic mass is 9.99. The Balaban J connectivity index is 4.07. The van der Waals surface area contributed by atoms with Gasteiger partial charge in [0.25, 0.3) is 0 Å². The van der Waals surface area contributed by atoms with Crippen molar-refractivity contribution in [3.05, 3.63) is 23.9 Å². The van der Waals surface area contributed by atoms with Gasteiger partial charge in [-0.3, -0.25) is 0 Å². The van der Waals surface area contributed by atoms with Gasteiger partial charge in [-0.05, 0) is 58.6 Å². The van der Waals surface area contributed by atoms with Crippen molar-refractivity contribution in [3.8, 4) is 0 Å². The lowest BCUT2D eigenvalue weighted by molar-refractivity contribution is 0.412. The van der Waals surface area contributed by atoms with Crippen LogP contribution in [0.5, 0.6) is 0 Å². The molecule has 17 heavy (non-hydrogen) atoms. The molecule has 0 aromatic rings. The minimum atomic E-state index is 0.733. The molecule has 0 N–H and O–H groups in total. The van der Waals surface area contributed by atoms with Crippen LogP contribution in [0.1, 0.15) is 60.3 Å². The Labute approximate surface area is 109 Å². The molecule has 100 valence electrons. The molecule has 0 aliphatic carbocycles. The fourth-order valence-corrected chi connectivity index (χ4v) is 1.80. The fraction of sp³-hybridized carbons (Fsp3) is 0.750. The van der Waals surface area contributed by atoms with Crippen LogP contribution in [0.3, 0.4) is 0 Å². The SMILES string of the molecule is CC/C(C)=C/CC[C@H](/C=C/N(CC)CC)CC. The molecule has 0 saturated carbocycles. The molecule has 1 atom stereocenters. The average Bonchev–Trinajstić information content (AvgIpc) is 2.37. The van der Waals surface area contributed by atoms with Gasteiger partial charge in [0, 0.05) is 13.1 Å². The molecule has 1 nitrogen and oxygen atoms in total. The van der Waals surface area contributed by atoms with E-state index in [-0.39, 0.29) is 0 Å². The quantitative estimate of drug-likeness (QED) is 0.510. The predicted molar refractivity (Wildman–Crippen MR) is 79.1 cm³/mol. The average molecular weight is 237 g/mol. The molecule has 0 aromatic heterocycles. The van der Waals surface area contributed by atoms with Crippen LogP contribution in [-0.2, 0) is 0 Å². The molecule has 0 spiro atoms. The maximum atomic E-state index is 2.40. The van der Waals surface area contributed by atoms with Crippen molar-refractivity contribution in [3.63, 3.8) is 0 Å². The zero-order chi connectivity index (χ0) is 13.1. The largest absolute Gasteiger partial charge is 0.378 e. The topological polar surface area (TPSA) is 3.24 Å². The van der Waals surface area contributed by atoms with Crippen LogP contribution in [0.25, 0.3) is 0 Å². The summed E-state index contributed by atoms with van der Waals surface area (Å²) in [7, 11) is 0. The molecule has 0 radical (unpaired) electrons. The van der Waals surface area contributed by atoms with Gasteiger partial charge in [0.1, 0.15) is 0 Å². The van der Waals surface area contributed by atoms with E-state index in [2.05, 4.69) is 57.9 Å². The number of nitrogens with zero attached hydrogens (tertiary/aromatic N) is 1. The minimum Gasteiger partial charge on any atom is -0.378 e. The van der Waals surface area contributed by atoms with E-state index in [0.29, 0.717) is 0 Å². The Morgan fingerprint density at radius 1 is 1.12 bits per heavy atom. The van der Waals surface area contributed by atoms with Crippen molar-refractivity contribution in [2.45, 2.75) is 60.3 Å². The zero-order valence-electron chi connectivity index (χ0n) is 12.5. The maximum absolute atomic E-state index is 2.40. The van der Waals surface area contributed by atoms with E-state index in [1.807, 2.05) is 0 Å². The van der Waals surface area contributed by atoms with Gasteiger partial charge < -0.3 is 4.90 Å². The van der Waals surface area contributed by atoms with Crippen molar-refractivity contribution < 1.29 is 0 Å². The standard InChI is InChI=1S/C16H31N/c1-6-15(5)11-10-12-16(7-2)13-14-17(8-3)9-4/h11,13-14,16H,6-10,12H2,1-5H3/b14-13+,15-11+/t16-/m1/s1. The van der Waals surface area contributed by atoms with Crippen LogP contribution in [-0.4, -0.2) is 18.0 Å². The second kappa shape index (κ2) is 10.4. The summed E-state index contributed by atoms with van der Waals surface area (Å²) in [5.41, 5.74) is 1.52. The summed E-state index contributed by atoms with van der Waals surface area (Å²) >= 11 is 0. The molecule has 0 heterocycles. The van der Waals surface area contributed by atoms with Gasteiger partial charge in [-0.2, -0.15) is 0 Å². The molecule has 0 aliphatic rings. The molecular formula is C16H31N. The molecule has 0 amide bonds. The highest BCUT2D eigenvalue weighted by atomic mass is 15.1. The summed E-state index contributed by atoms with van der Waals surface area (Å²) in [6.45, 7) is 13.4. The van der Waals surface area contributed by atoms with Crippen LogP contribution < -0.4 is 0 Å². The highest BCUT2D eigenvalue weighted by Crippen LogP contribution is 2.15. The molecular weight excluding hydrogens is 206 g/mol. The number of allylic oxidation sites excluding steroid dienone is 3. The number of rotatable bonds is 9. The third-order valence-electron chi connectivity index (χ3n) is 3.49. The van der Waals surface area contributed by atoms with Gasteiger partial charge in [0.2, 0.25) is 0 Å². The fourth-order valence-electron chi connectivity index (χ4n) is 1.80. The third kappa shape index (κ3) is 8.06. The summed E-state index contributed by atoms with van der Waals surface area (Å²) in [4.78, 5) is 2.36. The molecule has 0 aromatic carbocycles. The number of hydrogen-bond acceptors (Lipinski definition) is 1. The summed E-state index contributed by atoms with van der Waals surface area (Å²) in [6.07, 6.45) is 12.0. The van der Waals surface area contributed by atoms with Crippen LogP contribution in [0, 0.1) is 5.92 Å². The Bertz CT molecular complexity index is 224. The second-order valence-electron chi connectivity index (χ2n) is 4.71. The van der Waals surface area contributed by atoms with E-state index in [9.17, 15) is 0 Å². The van der Waals surface area contributed by atoms with Gasteiger partial charge >= 0.3 is 0 Å². The van der Waals surface area contributed by atoms with Crippen molar-refractivity contribution in [1.29, 1.82) is 0 Å². The first-order valence-electron chi connectivity index (χ1n) is 7.25. The lowest BCUT2D eigenvalue weighted by Crippen LogP contribution is -2.15. The molecule has 0 saturated heterocycles. The Kier molecular flexibility index (Phi) is 9.99. The zero-order valence-corrected chi connectivity index (χ0v) is 12.5. The van der Waals surface area contributed by atoms with Crippen LogP contribution in [0.15, 0.2) is 23.9 Å². The van der Waals surface area contributed by atoms with Gasteiger partial charge in [0.15, 0.2) is 0 Å². The highest BCUT2D eigenvalue weighted by molar-refractivity contribution is 4.97.